The normalized spacial score (nSPS) is 12.6. The number of alkyl carbamates (subject to hydrolysis) is 1. The van der Waals surface area contributed by atoms with Gasteiger partial charge in [-0.3, -0.25) is 0 Å². The first-order valence-electron chi connectivity index (χ1n) is 6.22. The Morgan fingerprint density at radius 3 is 2.79 bits per heavy atom. The van der Waals surface area contributed by atoms with Crippen molar-refractivity contribution in [1.82, 2.24) is 10.3 Å². The molecule has 0 saturated carbocycles. The van der Waals surface area contributed by atoms with Gasteiger partial charge in [-0.05, 0) is 39.8 Å². The molecule has 1 rings (SSSR count). The van der Waals surface area contributed by atoms with Gasteiger partial charge in [0.25, 0.3) is 0 Å². The van der Waals surface area contributed by atoms with E-state index in [-0.39, 0.29) is 6.04 Å². The van der Waals surface area contributed by atoms with Crippen LogP contribution in [-0.4, -0.2) is 29.3 Å². The van der Waals surface area contributed by atoms with Gasteiger partial charge in [0.1, 0.15) is 11.4 Å². The van der Waals surface area contributed by atoms with Gasteiger partial charge in [-0.25, -0.2) is 9.78 Å². The summed E-state index contributed by atoms with van der Waals surface area (Å²) in [5.74, 6) is 0.437. The minimum Gasteiger partial charge on any atom is -0.444 e. The van der Waals surface area contributed by atoms with Crippen LogP contribution in [0.2, 0.25) is 0 Å². The Kier molecular flexibility index (Phi) is 4.97. The first-order chi connectivity index (χ1) is 8.78. The summed E-state index contributed by atoms with van der Waals surface area (Å²) in [6.07, 6.45) is 1.20. The second kappa shape index (κ2) is 6.26. The highest BCUT2D eigenvalue weighted by molar-refractivity contribution is 5.68. The number of amides is 1. The Bertz CT molecular complexity index is 429. The number of nitrogens with two attached hydrogens (primary N) is 1. The summed E-state index contributed by atoms with van der Waals surface area (Å²) in [5, 5.41) is 5.86. The van der Waals surface area contributed by atoms with E-state index in [0.29, 0.717) is 12.4 Å². The van der Waals surface area contributed by atoms with Crippen molar-refractivity contribution < 1.29 is 9.53 Å². The first-order valence-corrected chi connectivity index (χ1v) is 6.22. The molecule has 0 spiro atoms. The number of nitrogens with one attached hydrogen (secondary N) is 2. The predicted molar refractivity (Wildman–Crippen MR) is 76.0 cm³/mol. The zero-order valence-electron chi connectivity index (χ0n) is 11.9. The molecule has 0 unspecified atom stereocenters. The Hall–Kier alpha value is -1.98. The zero-order valence-corrected chi connectivity index (χ0v) is 11.9. The van der Waals surface area contributed by atoms with Crippen LogP contribution in [0.5, 0.6) is 0 Å². The summed E-state index contributed by atoms with van der Waals surface area (Å²) in [7, 11) is 0. The van der Waals surface area contributed by atoms with Crippen molar-refractivity contribution in [2.24, 2.45) is 0 Å². The molecule has 1 atom stereocenters. The van der Waals surface area contributed by atoms with Crippen LogP contribution in [0.3, 0.4) is 0 Å². The van der Waals surface area contributed by atoms with Crippen molar-refractivity contribution >= 4 is 17.6 Å². The number of anilines is 2. The first kappa shape index (κ1) is 15.1. The molecule has 0 saturated heterocycles. The highest BCUT2D eigenvalue weighted by atomic mass is 16.6. The number of aromatic nitrogens is 1. The van der Waals surface area contributed by atoms with Gasteiger partial charge in [0, 0.05) is 18.8 Å². The molecule has 6 heteroatoms. The van der Waals surface area contributed by atoms with Gasteiger partial charge in [0.15, 0.2) is 0 Å². The molecule has 1 aromatic rings. The number of hydrogen-bond acceptors (Lipinski definition) is 5. The molecular formula is C13H22N4O2. The number of rotatable bonds is 4. The monoisotopic (exact) mass is 266 g/mol. The molecule has 1 aromatic heterocycles. The highest BCUT2D eigenvalue weighted by Crippen LogP contribution is 2.13. The molecule has 0 aliphatic rings. The number of hydrogen-bond donors (Lipinski definition) is 3. The number of nitrogens with zero attached hydrogens (tertiary/aromatic N) is 1. The summed E-state index contributed by atoms with van der Waals surface area (Å²) in [5.41, 5.74) is 5.96. The quantitative estimate of drug-likeness (QED) is 0.775. The maximum absolute atomic E-state index is 11.5. The lowest BCUT2D eigenvalue weighted by Gasteiger charge is -2.22. The van der Waals surface area contributed by atoms with Crippen molar-refractivity contribution in [3.8, 4) is 0 Å². The molecule has 1 heterocycles. The van der Waals surface area contributed by atoms with E-state index in [1.165, 1.54) is 0 Å². The number of carbonyl (C=O) groups excluding carboxylic acids is 1. The topological polar surface area (TPSA) is 89.3 Å². The number of nitrogen functional groups attached to an aromatic ring is 1. The zero-order chi connectivity index (χ0) is 14.5. The standard InChI is InChI=1S/C13H22N4O2/c1-9(17-12(18)19-13(2,3)4)8-16-10-6-5-7-15-11(10)14/h5-7,9,16H,8H2,1-4H3,(H2,14,15)(H,17,18)/t9-/m0/s1. The molecule has 6 nitrogen and oxygen atoms in total. The van der Waals surface area contributed by atoms with E-state index in [4.69, 9.17) is 10.5 Å². The van der Waals surface area contributed by atoms with E-state index >= 15 is 0 Å². The Morgan fingerprint density at radius 2 is 2.21 bits per heavy atom. The lowest BCUT2D eigenvalue weighted by atomic mass is 10.2. The van der Waals surface area contributed by atoms with Gasteiger partial charge in [0.2, 0.25) is 0 Å². The van der Waals surface area contributed by atoms with Crippen molar-refractivity contribution in [3.05, 3.63) is 18.3 Å². The van der Waals surface area contributed by atoms with Gasteiger partial charge in [-0.2, -0.15) is 0 Å². The molecule has 0 aliphatic carbocycles. The van der Waals surface area contributed by atoms with Crippen LogP contribution < -0.4 is 16.4 Å². The molecule has 0 aromatic carbocycles. The van der Waals surface area contributed by atoms with Crippen LogP contribution >= 0.6 is 0 Å². The van der Waals surface area contributed by atoms with Crippen LogP contribution in [0, 0.1) is 0 Å². The summed E-state index contributed by atoms with van der Waals surface area (Å²) in [4.78, 5) is 15.5. The second-order valence-corrected chi connectivity index (χ2v) is 5.36. The smallest absolute Gasteiger partial charge is 0.407 e. The fraction of sp³-hybridized carbons (Fsp3) is 0.538. The van der Waals surface area contributed by atoms with Gasteiger partial charge >= 0.3 is 6.09 Å². The highest BCUT2D eigenvalue weighted by Gasteiger charge is 2.17. The lowest BCUT2D eigenvalue weighted by molar-refractivity contribution is 0.0511. The number of ether oxygens (including phenoxy) is 1. The molecule has 0 radical (unpaired) electrons. The predicted octanol–water partition coefficient (Wildman–Crippen LogP) is 1.99. The minimum absolute atomic E-state index is 0.0885. The van der Waals surface area contributed by atoms with Crippen molar-refractivity contribution in [3.63, 3.8) is 0 Å². The van der Waals surface area contributed by atoms with Crippen molar-refractivity contribution in [1.29, 1.82) is 0 Å². The molecule has 19 heavy (non-hydrogen) atoms. The SMILES string of the molecule is C[C@@H](CNc1cccnc1N)NC(=O)OC(C)(C)C. The average molecular weight is 266 g/mol. The Balaban J connectivity index is 2.38. The molecule has 0 fully saturated rings. The van der Waals surface area contributed by atoms with Crippen LogP contribution in [0.1, 0.15) is 27.7 Å². The molecule has 0 bridgehead atoms. The lowest BCUT2D eigenvalue weighted by Crippen LogP contribution is -2.40. The summed E-state index contributed by atoms with van der Waals surface area (Å²) < 4.78 is 5.17. The van der Waals surface area contributed by atoms with E-state index in [2.05, 4.69) is 15.6 Å². The van der Waals surface area contributed by atoms with Crippen LogP contribution in [0.15, 0.2) is 18.3 Å². The second-order valence-electron chi connectivity index (χ2n) is 5.36. The molecule has 0 aliphatic heterocycles. The van der Waals surface area contributed by atoms with Crippen molar-refractivity contribution in [2.75, 3.05) is 17.6 Å². The fourth-order valence-corrected chi connectivity index (χ4v) is 1.39. The maximum Gasteiger partial charge on any atom is 0.407 e. The number of pyridine rings is 1. The van der Waals surface area contributed by atoms with E-state index in [9.17, 15) is 4.79 Å². The maximum atomic E-state index is 11.5. The average Bonchev–Trinajstić information content (AvgIpc) is 2.25. The van der Waals surface area contributed by atoms with Crippen molar-refractivity contribution in [2.45, 2.75) is 39.3 Å². The molecule has 106 valence electrons. The number of carbonyl (C=O) groups is 1. The van der Waals surface area contributed by atoms with Gasteiger partial charge in [0.05, 0.1) is 5.69 Å². The Labute approximate surface area is 113 Å². The van der Waals surface area contributed by atoms with E-state index in [1.54, 1.807) is 12.3 Å². The fourth-order valence-electron chi connectivity index (χ4n) is 1.39. The molecule has 4 N–H and O–H groups in total. The minimum atomic E-state index is -0.495. The third kappa shape index (κ3) is 5.94. The summed E-state index contributed by atoms with van der Waals surface area (Å²) in [6.45, 7) is 7.89. The van der Waals surface area contributed by atoms with E-state index < -0.39 is 11.7 Å². The van der Waals surface area contributed by atoms with Gasteiger partial charge in [-0.15, -0.1) is 0 Å². The molecule has 1 amide bonds. The van der Waals surface area contributed by atoms with E-state index in [1.807, 2.05) is 33.8 Å². The third-order valence-corrected chi connectivity index (χ3v) is 2.20. The third-order valence-electron chi connectivity index (χ3n) is 2.20. The summed E-state index contributed by atoms with van der Waals surface area (Å²) in [6, 6.07) is 3.54. The van der Waals surface area contributed by atoms with Gasteiger partial charge in [-0.1, -0.05) is 0 Å². The largest absolute Gasteiger partial charge is 0.444 e. The molecular weight excluding hydrogens is 244 g/mol. The van der Waals surface area contributed by atoms with Crippen LogP contribution in [0.25, 0.3) is 0 Å². The van der Waals surface area contributed by atoms with E-state index in [0.717, 1.165) is 5.69 Å². The van der Waals surface area contributed by atoms with Crippen LogP contribution in [-0.2, 0) is 4.74 Å². The van der Waals surface area contributed by atoms with Crippen LogP contribution in [0.4, 0.5) is 16.3 Å². The Morgan fingerprint density at radius 1 is 1.53 bits per heavy atom. The van der Waals surface area contributed by atoms with Gasteiger partial charge < -0.3 is 21.1 Å². The summed E-state index contributed by atoms with van der Waals surface area (Å²) >= 11 is 0.